The molecule has 0 N–H and O–H groups in total. The number of carbonyl (C=O) groups is 2. The number of fused-ring (bicyclic) bond motifs is 2. The van der Waals surface area contributed by atoms with E-state index in [0.717, 1.165) is 16.9 Å². The number of aromatic nitrogens is 2. The Balaban J connectivity index is 1.59. The lowest BCUT2D eigenvalue weighted by Crippen LogP contribution is -2.39. The van der Waals surface area contributed by atoms with Crippen molar-refractivity contribution in [1.82, 2.24) is 19.4 Å². The van der Waals surface area contributed by atoms with Crippen molar-refractivity contribution in [3.05, 3.63) is 27.1 Å². The average Bonchev–Trinajstić information content (AvgIpc) is 3.03. The summed E-state index contributed by atoms with van der Waals surface area (Å²) >= 11 is 1.43. The van der Waals surface area contributed by atoms with E-state index in [9.17, 15) is 14.4 Å². The normalized spacial score (nSPS) is 20.9. The quantitative estimate of drug-likeness (QED) is 0.748. The smallest absolute Gasteiger partial charge is 0.271 e. The van der Waals surface area contributed by atoms with Crippen LogP contribution in [0.5, 0.6) is 0 Å². The van der Waals surface area contributed by atoms with Crippen molar-refractivity contribution in [2.24, 2.45) is 5.92 Å². The van der Waals surface area contributed by atoms with Gasteiger partial charge in [-0.3, -0.25) is 19.0 Å². The van der Waals surface area contributed by atoms with E-state index >= 15 is 0 Å². The monoisotopic (exact) mass is 360 g/mol. The summed E-state index contributed by atoms with van der Waals surface area (Å²) < 4.78 is 2.39. The SMILES string of the molecule is Cc1csc2c(=O)n3c(nc12)CCN(C(=O)[C@H]1CC(=O)N(C)C1)CC3. The van der Waals surface area contributed by atoms with Gasteiger partial charge in [0.1, 0.15) is 10.5 Å². The zero-order valence-corrected chi connectivity index (χ0v) is 15.1. The molecule has 0 unspecified atom stereocenters. The summed E-state index contributed by atoms with van der Waals surface area (Å²) in [5.41, 5.74) is 1.79. The zero-order valence-electron chi connectivity index (χ0n) is 14.3. The average molecular weight is 360 g/mol. The molecule has 0 radical (unpaired) electrons. The first-order valence-electron chi connectivity index (χ1n) is 8.46. The Morgan fingerprint density at radius 1 is 1.28 bits per heavy atom. The summed E-state index contributed by atoms with van der Waals surface area (Å²) in [6.45, 7) is 3.92. The van der Waals surface area contributed by atoms with Crippen LogP contribution in [0.25, 0.3) is 10.2 Å². The topological polar surface area (TPSA) is 75.5 Å². The number of thiophene rings is 1. The van der Waals surface area contributed by atoms with Gasteiger partial charge in [0.15, 0.2) is 0 Å². The highest BCUT2D eigenvalue weighted by molar-refractivity contribution is 7.17. The zero-order chi connectivity index (χ0) is 17.7. The minimum absolute atomic E-state index is 0.0107. The highest BCUT2D eigenvalue weighted by atomic mass is 32.1. The van der Waals surface area contributed by atoms with Crippen LogP contribution >= 0.6 is 11.3 Å². The number of hydrogen-bond acceptors (Lipinski definition) is 5. The molecule has 0 bridgehead atoms. The number of likely N-dealkylation sites (tertiary alicyclic amines) is 1. The van der Waals surface area contributed by atoms with Crippen molar-refractivity contribution in [2.45, 2.75) is 26.3 Å². The predicted molar refractivity (Wildman–Crippen MR) is 94.6 cm³/mol. The fourth-order valence-corrected chi connectivity index (χ4v) is 4.59. The molecule has 2 aliphatic heterocycles. The molecule has 4 rings (SSSR count). The van der Waals surface area contributed by atoms with E-state index in [1.54, 1.807) is 21.4 Å². The Morgan fingerprint density at radius 3 is 2.80 bits per heavy atom. The van der Waals surface area contributed by atoms with E-state index in [1.807, 2.05) is 12.3 Å². The Morgan fingerprint density at radius 2 is 2.08 bits per heavy atom. The van der Waals surface area contributed by atoms with Crippen molar-refractivity contribution in [3.8, 4) is 0 Å². The number of carbonyl (C=O) groups excluding carboxylic acids is 2. The first-order chi connectivity index (χ1) is 12.0. The lowest BCUT2D eigenvalue weighted by atomic mass is 10.1. The van der Waals surface area contributed by atoms with Crippen molar-refractivity contribution < 1.29 is 9.59 Å². The van der Waals surface area contributed by atoms with Gasteiger partial charge in [-0.25, -0.2) is 4.98 Å². The Hall–Kier alpha value is -2.22. The summed E-state index contributed by atoms with van der Waals surface area (Å²) in [6.07, 6.45) is 0.842. The number of amides is 2. The second-order valence-corrected chi connectivity index (χ2v) is 7.71. The maximum absolute atomic E-state index is 12.8. The minimum atomic E-state index is -0.269. The van der Waals surface area contributed by atoms with E-state index in [0.29, 0.717) is 37.3 Å². The molecule has 2 amide bonds. The summed E-state index contributed by atoms with van der Waals surface area (Å²) in [5.74, 6) is 0.504. The molecule has 0 saturated carbocycles. The number of rotatable bonds is 1. The largest absolute Gasteiger partial charge is 0.345 e. The van der Waals surface area contributed by atoms with Gasteiger partial charge in [-0.15, -0.1) is 11.3 Å². The maximum Gasteiger partial charge on any atom is 0.271 e. The van der Waals surface area contributed by atoms with Crippen molar-refractivity contribution in [3.63, 3.8) is 0 Å². The maximum atomic E-state index is 12.8. The minimum Gasteiger partial charge on any atom is -0.345 e. The Kier molecular flexibility index (Phi) is 3.87. The third-order valence-corrected chi connectivity index (χ3v) is 6.21. The fourth-order valence-electron chi connectivity index (χ4n) is 3.65. The van der Waals surface area contributed by atoms with Crippen LogP contribution in [0.3, 0.4) is 0 Å². The molecule has 7 nitrogen and oxygen atoms in total. The lowest BCUT2D eigenvalue weighted by Gasteiger charge is -2.23. The van der Waals surface area contributed by atoms with Gasteiger partial charge in [0, 0.05) is 46.1 Å². The fraction of sp³-hybridized carbons (Fsp3) is 0.529. The molecule has 0 aromatic carbocycles. The van der Waals surface area contributed by atoms with Crippen molar-refractivity contribution in [1.29, 1.82) is 0 Å². The molecule has 2 aromatic rings. The second-order valence-electron chi connectivity index (χ2n) is 6.83. The van der Waals surface area contributed by atoms with E-state index in [1.165, 1.54) is 11.3 Å². The van der Waals surface area contributed by atoms with Crippen LogP contribution in [0.2, 0.25) is 0 Å². The first-order valence-corrected chi connectivity index (χ1v) is 9.34. The van der Waals surface area contributed by atoms with E-state index < -0.39 is 0 Å². The molecule has 4 heterocycles. The molecule has 1 atom stereocenters. The molecule has 8 heteroatoms. The summed E-state index contributed by atoms with van der Waals surface area (Å²) in [7, 11) is 1.73. The molecular weight excluding hydrogens is 340 g/mol. The van der Waals surface area contributed by atoms with E-state index in [2.05, 4.69) is 4.98 Å². The van der Waals surface area contributed by atoms with Crippen LogP contribution in [0.4, 0.5) is 0 Å². The second kappa shape index (κ2) is 5.94. The van der Waals surface area contributed by atoms with Gasteiger partial charge in [-0.05, 0) is 17.9 Å². The van der Waals surface area contributed by atoms with Gasteiger partial charge in [0.2, 0.25) is 11.8 Å². The standard InChI is InChI=1S/C17H20N4O3S/c1-10-9-25-15-14(10)18-12-3-4-20(5-6-21(12)17(15)24)16(23)11-7-13(22)19(2)8-11/h9,11H,3-8H2,1-2H3/t11-/m0/s1. The molecule has 132 valence electrons. The molecule has 2 aliphatic rings. The molecule has 25 heavy (non-hydrogen) atoms. The Bertz CT molecular complexity index is 932. The van der Waals surface area contributed by atoms with Gasteiger partial charge in [-0.2, -0.15) is 0 Å². The molecule has 0 aliphatic carbocycles. The lowest BCUT2D eigenvalue weighted by molar-refractivity contribution is -0.135. The molecule has 1 fully saturated rings. The van der Waals surface area contributed by atoms with Crippen LogP contribution in [-0.2, 0) is 22.6 Å². The van der Waals surface area contributed by atoms with Crippen molar-refractivity contribution in [2.75, 3.05) is 26.7 Å². The van der Waals surface area contributed by atoms with Gasteiger partial charge in [0.05, 0.1) is 11.4 Å². The van der Waals surface area contributed by atoms with Gasteiger partial charge in [-0.1, -0.05) is 0 Å². The first kappa shape index (κ1) is 16.3. The van der Waals surface area contributed by atoms with Gasteiger partial charge in [0.25, 0.3) is 5.56 Å². The Labute approximate surface area is 148 Å². The van der Waals surface area contributed by atoms with Gasteiger partial charge < -0.3 is 9.80 Å². The van der Waals surface area contributed by atoms with E-state index in [-0.39, 0.29) is 29.7 Å². The number of aryl methyl sites for hydroxylation is 1. The van der Waals surface area contributed by atoms with Crippen LogP contribution in [0.15, 0.2) is 10.2 Å². The number of nitrogens with zero attached hydrogens (tertiary/aromatic N) is 4. The summed E-state index contributed by atoms with van der Waals surface area (Å²) in [5, 5.41) is 1.96. The summed E-state index contributed by atoms with van der Waals surface area (Å²) in [6, 6.07) is 0. The predicted octanol–water partition coefficient (Wildman–Crippen LogP) is 0.629. The molecule has 0 spiro atoms. The highest BCUT2D eigenvalue weighted by Gasteiger charge is 2.35. The van der Waals surface area contributed by atoms with Crippen LogP contribution in [0, 0.1) is 12.8 Å². The van der Waals surface area contributed by atoms with Crippen LogP contribution in [-0.4, -0.2) is 57.8 Å². The van der Waals surface area contributed by atoms with Crippen LogP contribution < -0.4 is 5.56 Å². The van der Waals surface area contributed by atoms with Crippen LogP contribution in [0.1, 0.15) is 17.8 Å². The third-order valence-electron chi connectivity index (χ3n) is 5.13. The molecular formula is C17H20N4O3S. The summed E-state index contributed by atoms with van der Waals surface area (Å²) in [4.78, 5) is 45.3. The number of hydrogen-bond donors (Lipinski definition) is 0. The van der Waals surface area contributed by atoms with E-state index in [4.69, 9.17) is 0 Å². The molecule has 1 saturated heterocycles. The van der Waals surface area contributed by atoms with Gasteiger partial charge >= 0.3 is 0 Å². The van der Waals surface area contributed by atoms with Crippen molar-refractivity contribution >= 4 is 33.4 Å². The molecule has 2 aromatic heterocycles. The third kappa shape index (κ3) is 2.64. The highest BCUT2D eigenvalue weighted by Crippen LogP contribution is 2.23.